The number of hydrogen-bond acceptors (Lipinski definition) is 6. The summed E-state index contributed by atoms with van der Waals surface area (Å²) in [7, 11) is 0. The molecule has 0 radical (unpaired) electrons. The lowest BCUT2D eigenvalue weighted by atomic mass is 9.76. The Morgan fingerprint density at radius 2 is 1.33 bits per heavy atom. The second kappa shape index (κ2) is 12.4. The van der Waals surface area contributed by atoms with Crippen LogP contribution in [0.2, 0.25) is 0 Å². The van der Waals surface area contributed by atoms with E-state index in [1.54, 1.807) is 6.20 Å². The van der Waals surface area contributed by atoms with E-state index in [9.17, 15) is 14.4 Å². The van der Waals surface area contributed by atoms with Crippen LogP contribution >= 0.6 is 0 Å². The van der Waals surface area contributed by atoms with E-state index in [0.717, 1.165) is 49.7 Å². The number of fused-ring (bicyclic) bond motifs is 1. The van der Waals surface area contributed by atoms with Gasteiger partial charge in [-0.15, -0.1) is 0 Å². The predicted molar refractivity (Wildman–Crippen MR) is 112 cm³/mol. The fourth-order valence-corrected chi connectivity index (χ4v) is 3.56. The molecular weight excluding hydrogens is 386 g/mol. The largest absolute Gasteiger partial charge is 0.465 e. The van der Waals surface area contributed by atoms with Crippen LogP contribution in [0.5, 0.6) is 0 Å². The standard InChI is InChI=1S/C23H35NO6/c1-4-7-10-28-21(25)18-13-16-15-24-20(23(27)30-12-9-6-3)17(16)14-19(18)22(26)29-11-8-5-2/h15,18-19,24H,4-14H2,1-3H3. The van der Waals surface area contributed by atoms with Crippen molar-refractivity contribution in [2.45, 2.75) is 72.1 Å². The Morgan fingerprint density at radius 3 is 1.87 bits per heavy atom. The molecule has 1 aliphatic rings. The molecule has 168 valence electrons. The molecule has 2 unspecified atom stereocenters. The van der Waals surface area contributed by atoms with Crippen molar-refractivity contribution in [2.24, 2.45) is 11.8 Å². The summed E-state index contributed by atoms with van der Waals surface area (Å²) in [6, 6.07) is 0. The van der Waals surface area contributed by atoms with Crippen LogP contribution in [0, 0.1) is 11.8 Å². The van der Waals surface area contributed by atoms with Gasteiger partial charge in [-0.25, -0.2) is 4.79 Å². The Bertz CT molecular complexity index is 711. The molecule has 0 fully saturated rings. The third-order valence-electron chi connectivity index (χ3n) is 5.45. The Labute approximate surface area is 178 Å². The first-order valence-electron chi connectivity index (χ1n) is 11.2. The lowest BCUT2D eigenvalue weighted by Gasteiger charge is -2.29. The van der Waals surface area contributed by atoms with Crippen LogP contribution in [0.15, 0.2) is 6.20 Å². The van der Waals surface area contributed by atoms with Crippen molar-refractivity contribution in [1.82, 2.24) is 4.98 Å². The molecule has 30 heavy (non-hydrogen) atoms. The van der Waals surface area contributed by atoms with Gasteiger partial charge in [-0.1, -0.05) is 40.0 Å². The molecule has 0 aromatic carbocycles. The fraction of sp³-hybridized carbons (Fsp3) is 0.696. The van der Waals surface area contributed by atoms with Gasteiger partial charge in [0.2, 0.25) is 0 Å². The van der Waals surface area contributed by atoms with Crippen LogP contribution in [0.1, 0.15) is 80.9 Å². The number of H-pyrrole nitrogens is 1. The summed E-state index contributed by atoms with van der Waals surface area (Å²) < 4.78 is 16.2. The van der Waals surface area contributed by atoms with Crippen molar-refractivity contribution >= 4 is 17.9 Å². The molecular formula is C23H35NO6. The number of unbranched alkanes of at least 4 members (excludes halogenated alkanes) is 3. The maximum atomic E-state index is 12.8. The number of carbonyl (C=O) groups excluding carboxylic acids is 3. The number of rotatable bonds is 12. The zero-order chi connectivity index (χ0) is 21.9. The highest BCUT2D eigenvalue weighted by atomic mass is 16.5. The number of esters is 3. The molecule has 7 nitrogen and oxygen atoms in total. The summed E-state index contributed by atoms with van der Waals surface area (Å²) in [5, 5.41) is 0. The van der Waals surface area contributed by atoms with Gasteiger partial charge < -0.3 is 19.2 Å². The first-order chi connectivity index (χ1) is 14.5. The van der Waals surface area contributed by atoms with Crippen LogP contribution in [-0.2, 0) is 36.6 Å². The number of hydrogen-bond donors (Lipinski definition) is 1. The lowest BCUT2D eigenvalue weighted by Crippen LogP contribution is -2.39. The zero-order valence-electron chi connectivity index (χ0n) is 18.5. The van der Waals surface area contributed by atoms with Crippen molar-refractivity contribution in [2.75, 3.05) is 19.8 Å². The van der Waals surface area contributed by atoms with E-state index in [2.05, 4.69) is 4.98 Å². The number of nitrogens with one attached hydrogen (secondary N) is 1. The Balaban J connectivity index is 2.18. The molecule has 1 aromatic heterocycles. The van der Waals surface area contributed by atoms with Gasteiger partial charge in [0.15, 0.2) is 0 Å². The second-order valence-corrected chi connectivity index (χ2v) is 7.82. The monoisotopic (exact) mass is 421 g/mol. The molecule has 0 bridgehead atoms. The van der Waals surface area contributed by atoms with Crippen LogP contribution in [0.4, 0.5) is 0 Å². The van der Waals surface area contributed by atoms with E-state index < -0.39 is 23.8 Å². The SMILES string of the molecule is CCCCOC(=O)c1[nH]cc2c1CC(C(=O)OCCCC)C(C(=O)OCCCC)C2. The minimum Gasteiger partial charge on any atom is -0.465 e. The number of aromatic nitrogens is 1. The minimum absolute atomic E-state index is 0.259. The van der Waals surface area contributed by atoms with Gasteiger partial charge in [0, 0.05) is 6.20 Å². The molecule has 7 heteroatoms. The first kappa shape index (κ1) is 24.0. The fourth-order valence-electron chi connectivity index (χ4n) is 3.56. The molecule has 0 amide bonds. The third kappa shape index (κ3) is 6.34. The highest BCUT2D eigenvalue weighted by Crippen LogP contribution is 2.34. The van der Waals surface area contributed by atoms with E-state index in [-0.39, 0.29) is 12.4 Å². The van der Waals surface area contributed by atoms with E-state index in [4.69, 9.17) is 14.2 Å². The van der Waals surface area contributed by atoms with Gasteiger partial charge in [0.25, 0.3) is 0 Å². The molecule has 1 heterocycles. The number of ether oxygens (including phenoxy) is 3. The molecule has 0 saturated heterocycles. The van der Waals surface area contributed by atoms with Crippen LogP contribution in [-0.4, -0.2) is 42.7 Å². The van der Waals surface area contributed by atoms with Gasteiger partial charge in [0.1, 0.15) is 5.69 Å². The molecule has 1 N–H and O–H groups in total. The van der Waals surface area contributed by atoms with E-state index in [0.29, 0.717) is 31.9 Å². The average molecular weight is 422 g/mol. The van der Waals surface area contributed by atoms with Crippen LogP contribution in [0.25, 0.3) is 0 Å². The smallest absolute Gasteiger partial charge is 0.355 e. The molecule has 1 aromatic rings. The quantitative estimate of drug-likeness (QED) is 0.311. The molecule has 0 spiro atoms. The molecule has 1 aliphatic carbocycles. The second-order valence-electron chi connectivity index (χ2n) is 7.82. The zero-order valence-corrected chi connectivity index (χ0v) is 18.5. The lowest BCUT2D eigenvalue weighted by molar-refractivity contribution is -0.161. The van der Waals surface area contributed by atoms with Gasteiger partial charge in [0.05, 0.1) is 31.7 Å². The van der Waals surface area contributed by atoms with E-state index in [1.165, 1.54) is 0 Å². The van der Waals surface area contributed by atoms with Crippen molar-refractivity contribution in [1.29, 1.82) is 0 Å². The maximum absolute atomic E-state index is 12.8. The highest BCUT2D eigenvalue weighted by Gasteiger charge is 2.42. The van der Waals surface area contributed by atoms with Crippen molar-refractivity contribution in [3.05, 3.63) is 23.0 Å². The summed E-state index contributed by atoms with van der Waals surface area (Å²) in [6.07, 6.45) is 7.46. The highest BCUT2D eigenvalue weighted by molar-refractivity contribution is 5.91. The summed E-state index contributed by atoms with van der Waals surface area (Å²) in [5.41, 5.74) is 1.96. The van der Waals surface area contributed by atoms with Crippen molar-refractivity contribution in [3.8, 4) is 0 Å². The summed E-state index contributed by atoms with van der Waals surface area (Å²) in [6.45, 7) is 7.10. The predicted octanol–water partition coefficient (Wildman–Crippen LogP) is 3.99. The van der Waals surface area contributed by atoms with Crippen LogP contribution in [0.3, 0.4) is 0 Å². The summed E-state index contributed by atoms with van der Waals surface area (Å²) in [5.74, 6) is -2.48. The molecule has 2 atom stereocenters. The van der Waals surface area contributed by atoms with Gasteiger partial charge >= 0.3 is 17.9 Å². The summed E-state index contributed by atoms with van der Waals surface area (Å²) >= 11 is 0. The minimum atomic E-state index is -0.665. The number of carbonyl (C=O) groups is 3. The molecule has 0 aliphatic heterocycles. The number of aromatic amines is 1. The van der Waals surface area contributed by atoms with Crippen molar-refractivity contribution in [3.63, 3.8) is 0 Å². The van der Waals surface area contributed by atoms with Gasteiger partial charge in [-0.2, -0.15) is 0 Å². The maximum Gasteiger partial charge on any atom is 0.355 e. The Hall–Kier alpha value is -2.31. The van der Waals surface area contributed by atoms with Gasteiger partial charge in [-0.3, -0.25) is 9.59 Å². The Morgan fingerprint density at radius 1 is 0.833 bits per heavy atom. The third-order valence-corrected chi connectivity index (χ3v) is 5.45. The van der Waals surface area contributed by atoms with Gasteiger partial charge in [-0.05, 0) is 43.2 Å². The van der Waals surface area contributed by atoms with E-state index in [1.807, 2.05) is 20.8 Å². The average Bonchev–Trinajstić information content (AvgIpc) is 3.16. The topological polar surface area (TPSA) is 94.7 Å². The van der Waals surface area contributed by atoms with E-state index >= 15 is 0 Å². The first-order valence-corrected chi connectivity index (χ1v) is 11.2. The molecule has 2 rings (SSSR count). The van der Waals surface area contributed by atoms with Crippen LogP contribution < -0.4 is 0 Å². The van der Waals surface area contributed by atoms with Crippen molar-refractivity contribution < 1.29 is 28.6 Å². The Kier molecular flexibility index (Phi) is 9.91. The molecule has 0 saturated carbocycles. The normalized spacial score (nSPS) is 17.8. The summed E-state index contributed by atoms with van der Waals surface area (Å²) in [4.78, 5) is 41.0.